The van der Waals surface area contributed by atoms with Gasteiger partial charge in [0.05, 0.1) is 0 Å². The maximum Gasteiger partial charge on any atom is 0.0390 e. The van der Waals surface area contributed by atoms with Gasteiger partial charge in [-0.1, -0.05) is 135 Å². The highest BCUT2D eigenvalue weighted by Gasteiger charge is 2.36. The first-order valence-corrected chi connectivity index (χ1v) is 17.5. The number of fused-ring (bicyclic) bond motifs is 7. The van der Waals surface area contributed by atoms with Gasteiger partial charge in [0, 0.05) is 16.8 Å². The van der Waals surface area contributed by atoms with Crippen LogP contribution in [0.5, 0.6) is 0 Å². The third-order valence-corrected chi connectivity index (χ3v) is 11.0. The van der Waals surface area contributed by atoms with Crippen LogP contribution in [0.3, 0.4) is 0 Å². The summed E-state index contributed by atoms with van der Waals surface area (Å²) in [7, 11) is 0. The monoisotopic (exact) mass is 637 g/mol. The molecule has 1 aliphatic rings. The van der Waals surface area contributed by atoms with Crippen molar-refractivity contribution in [3.8, 4) is 33.4 Å². The standard InChI is InChI=1S/C49H35N/c1-49(2)45-19-11-10-18-39(45)41-29-43-44(30-46(41)49)48(36-23-21-32-13-7-9-15-34(32)27-36)42-28-38(50-37-16-4-3-5-17-37)24-25-40(42)47(43)35-22-20-31-12-6-8-14-33(31)26-35/h3-30,50H,1-2H3. The lowest BCUT2D eigenvalue weighted by atomic mass is 9.79. The molecule has 0 atom stereocenters. The topological polar surface area (TPSA) is 12.0 Å². The third-order valence-electron chi connectivity index (χ3n) is 11.0. The summed E-state index contributed by atoms with van der Waals surface area (Å²) in [6.45, 7) is 4.76. The molecule has 0 unspecified atom stereocenters. The van der Waals surface area contributed by atoms with Gasteiger partial charge in [-0.3, -0.25) is 0 Å². The normalized spacial score (nSPS) is 13.2. The molecule has 1 aliphatic carbocycles. The molecule has 0 bridgehead atoms. The maximum absolute atomic E-state index is 3.70. The Morgan fingerprint density at radius 3 is 1.62 bits per heavy atom. The van der Waals surface area contributed by atoms with Crippen LogP contribution in [0.15, 0.2) is 170 Å². The van der Waals surface area contributed by atoms with Gasteiger partial charge in [0.25, 0.3) is 0 Å². The summed E-state index contributed by atoms with van der Waals surface area (Å²) in [5.74, 6) is 0. The van der Waals surface area contributed by atoms with Crippen LogP contribution in [-0.2, 0) is 5.41 Å². The molecule has 0 saturated carbocycles. The molecule has 0 spiro atoms. The summed E-state index contributed by atoms with van der Waals surface area (Å²) in [5.41, 5.74) is 12.5. The molecule has 1 N–H and O–H groups in total. The van der Waals surface area contributed by atoms with Gasteiger partial charge in [-0.2, -0.15) is 0 Å². The molecule has 0 saturated heterocycles. The molecule has 0 amide bonds. The smallest absolute Gasteiger partial charge is 0.0390 e. The van der Waals surface area contributed by atoms with Gasteiger partial charge in [-0.25, -0.2) is 0 Å². The largest absolute Gasteiger partial charge is 0.356 e. The Hall–Kier alpha value is -6.18. The van der Waals surface area contributed by atoms with Crippen molar-refractivity contribution < 1.29 is 0 Å². The zero-order valence-electron chi connectivity index (χ0n) is 28.2. The Morgan fingerprint density at radius 2 is 0.920 bits per heavy atom. The predicted octanol–water partition coefficient (Wildman–Crippen LogP) is 13.7. The van der Waals surface area contributed by atoms with Gasteiger partial charge >= 0.3 is 0 Å². The zero-order valence-corrected chi connectivity index (χ0v) is 28.2. The molecule has 1 heteroatoms. The van der Waals surface area contributed by atoms with Crippen LogP contribution in [0.1, 0.15) is 25.0 Å². The summed E-state index contributed by atoms with van der Waals surface area (Å²) in [4.78, 5) is 0. The molecule has 9 aromatic rings. The van der Waals surface area contributed by atoms with Crippen LogP contribution in [0.2, 0.25) is 0 Å². The molecule has 0 heterocycles. The molecular formula is C49H35N. The number of nitrogens with one attached hydrogen (secondary N) is 1. The van der Waals surface area contributed by atoms with Gasteiger partial charge in [0.2, 0.25) is 0 Å². The van der Waals surface area contributed by atoms with Crippen LogP contribution >= 0.6 is 0 Å². The number of anilines is 2. The molecule has 0 radical (unpaired) electrons. The van der Waals surface area contributed by atoms with Crippen molar-refractivity contribution in [1.29, 1.82) is 0 Å². The van der Waals surface area contributed by atoms with Crippen molar-refractivity contribution in [2.45, 2.75) is 19.3 Å². The molecule has 1 nitrogen and oxygen atoms in total. The van der Waals surface area contributed by atoms with Crippen molar-refractivity contribution in [3.05, 3.63) is 181 Å². The second-order valence-electron chi connectivity index (χ2n) is 14.2. The fraction of sp³-hybridized carbons (Fsp3) is 0.0612. The highest BCUT2D eigenvalue weighted by Crippen LogP contribution is 2.53. The van der Waals surface area contributed by atoms with Crippen LogP contribution in [0.4, 0.5) is 11.4 Å². The highest BCUT2D eigenvalue weighted by molar-refractivity contribution is 6.23. The van der Waals surface area contributed by atoms with Crippen molar-refractivity contribution in [2.75, 3.05) is 5.32 Å². The minimum absolute atomic E-state index is 0.116. The van der Waals surface area contributed by atoms with E-state index >= 15 is 0 Å². The zero-order chi connectivity index (χ0) is 33.4. The molecule has 0 aromatic heterocycles. The SMILES string of the molecule is CC1(C)c2ccccc2-c2cc3c(-c4ccc5ccccc5c4)c4ccc(Nc5ccccc5)cc4c(-c4ccc5ccccc5c4)c3cc21. The van der Waals surface area contributed by atoms with E-state index in [2.05, 4.69) is 189 Å². The second-order valence-corrected chi connectivity index (χ2v) is 14.2. The lowest BCUT2D eigenvalue weighted by Crippen LogP contribution is -2.14. The van der Waals surface area contributed by atoms with E-state index in [0.29, 0.717) is 0 Å². The molecule has 50 heavy (non-hydrogen) atoms. The summed E-state index contributed by atoms with van der Waals surface area (Å²) < 4.78 is 0. The molecule has 10 rings (SSSR count). The van der Waals surface area contributed by atoms with Crippen molar-refractivity contribution in [1.82, 2.24) is 0 Å². The maximum atomic E-state index is 3.70. The van der Waals surface area contributed by atoms with E-state index in [1.165, 1.54) is 87.6 Å². The number of hydrogen-bond donors (Lipinski definition) is 1. The highest BCUT2D eigenvalue weighted by atomic mass is 14.9. The molecule has 0 fully saturated rings. The van der Waals surface area contributed by atoms with Crippen molar-refractivity contribution >= 4 is 54.5 Å². The van der Waals surface area contributed by atoms with Gasteiger partial charge in [-0.05, 0) is 136 Å². The average Bonchev–Trinajstić information content (AvgIpc) is 3.38. The first-order valence-electron chi connectivity index (χ1n) is 17.5. The first kappa shape index (κ1) is 28.8. The number of benzene rings is 9. The van der Waals surface area contributed by atoms with Crippen molar-refractivity contribution in [2.24, 2.45) is 0 Å². The van der Waals surface area contributed by atoms with E-state index in [-0.39, 0.29) is 5.41 Å². The first-order chi connectivity index (χ1) is 24.5. The molecule has 236 valence electrons. The number of para-hydroxylation sites is 1. The van der Waals surface area contributed by atoms with E-state index in [0.717, 1.165) is 11.4 Å². The Balaban J connectivity index is 1.37. The van der Waals surface area contributed by atoms with E-state index in [1.54, 1.807) is 0 Å². The van der Waals surface area contributed by atoms with Gasteiger partial charge in [0.1, 0.15) is 0 Å². The lowest BCUT2D eigenvalue weighted by molar-refractivity contribution is 0.661. The summed E-state index contributed by atoms with van der Waals surface area (Å²) >= 11 is 0. The number of hydrogen-bond acceptors (Lipinski definition) is 1. The Bertz CT molecular complexity index is 2810. The fourth-order valence-corrected chi connectivity index (χ4v) is 8.50. The van der Waals surface area contributed by atoms with E-state index < -0.39 is 0 Å². The van der Waals surface area contributed by atoms with E-state index in [1.807, 2.05) is 0 Å². The predicted molar refractivity (Wildman–Crippen MR) is 215 cm³/mol. The quantitative estimate of drug-likeness (QED) is 0.189. The van der Waals surface area contributed by atoms with Crippen LogP contribution < -0.4 is 5.32 Å². The van der Waals surface area contributed by atoms with Crippen LogP contribution in [-0.4, -0.2) is 0 Å². The molecular weight excluding hydrogens is 603 g/mol. The van der Waals surface area contributed by atoms with Crippen LogP contribution in [0, 0.1) is 0 Å². The number of rotatable bonds is 4. The average molecular weight is 638 g/mol. The van der Waals surface area contributed by atoms with E-state index in [4.69, 9.17) is 0 Å². The summed E-state index contributed by atoms with van der Waals surface area (Å²) in [6, 6.07) is 62.7. The van der Waals surface area contributed by atoms with Gasteiger partial charge in [0.15, 0.2) is 0 Å². The Labute approximate surface area is 292 Å². The van der Waals surface area contributed by atoms with Gasteiger partial charge < -0.3 is 5.32 Å². The van der Waals surface area contributed by atoms with Crippen LogP contribution in [0.25, 0.3) is 76.5 Å². The van der Waals surface area contributed by atoms with Crippen molar-refractivity contribution in [3.63, 3.8) is 0 Å². The third kappa shape index (κ3) is 4.40. The molecule has 9 aromatic carbocycles. The Morgan fingerprint density at radius 1 is 0.360 bits per heavy atom. The van der Waals surface area contributed by atoms with E-state index in [9.17, 15) is 0 Å². The summed E-state index contributed by atoms with van der Waals surface area (Å²) in [6.07, 6.45) is 0. The Kier molecular flexibility index (Phi) is 6.29. The fourth-order valence-electron chi connectivity index (χ4n) is 8.50. The minimum atomic E-state index is -0.116. The lowest BCUT2D eigenvalue weighted by Gasteiger charge is -2.24. The molecule has 0 aliphatic heterocycles. The van der Waals surface area contributed by atoms with Gasteiger partial charge in [-0.15, -0.1) is 0 Å². The minimum Gasteiger partial charge on any atom is -0.356 e. The second kappa shape index (κ2) is 10.9. The summed E-state index contributed by atoms with van der Waals surface area (Å²) in [5, 5.41) is 13.8.